The molecule has 3 unspecified atom stereocenters. The molecule has 15 heavy (non-hydrogen) atoms. The summed E-state index contributed by atoms with van der Waals surface area (Å²) < 4.78 is 0. The van der Waals surface area contributed by atoms with Crippen molar-refractivity contribution in [2.75, 3.05) is 6.54 Å². The Hall–Kier alpha value is -0.120. The highest BCUT2D eigenvalue weighted by Crippen LogP contribution is 2.22. The van der Waals surface area contributed by atoms with E-state index in [-0.39, 0.29) is 17.7 Å². The number of aldehydes is 1. The van der Waals surface area contributed by atoms with Crippen LogP contribution in [0.5, 0.6) is 0 Å². The van der Waals surface area contributed by atoms with Crippen LogP contribution in [0.15, 0.2) is 0 Å². The smallest absolute Gasteiger partial charge is 0.140 e. The third-order valence-corrected chi connectivity index (χ3v) is 3.27. The minimum Gasteiger partial charge on any atom is -0.302 e. The van der Waals surface area contributed by atoms with Crippen molar-refractivity contribution in [1.82, 2.24) is 10.2 Å². The highest BCUT2D eigenvalue weighted by Gasteiger charge is 2.38. The molecule has 1 saturated heterocycles. The van der Waals surface area contributed by atoms with Crippen LogP contribution >= 0.6 is 11.6 Å². The first kappa shape index (κ1) is 12.9. The van der Waals surface area contributed by atoms with Crippen LogP contribution in [0.4, 0.5) is 0 Å². The normalized spacial score (nSPS) is 32.1. The highest BCUT2D eigenvalue weighted by atomic mass is 35.5. The van der Waals surface area contributed by atoms with E-state index < -0.39 is 0 Å². The Morgan fingerprint density at radius 3 is 2.67 bits per heavy atom. The molecule has 88 valence electrons. The van der Waals surface area contributed by atoms with Gasteiger partial charge < -0.3 is 4.79 Å². The Labute approximate surface area is 97.2 Å². The van der Waals surface area contributed by atoms with Crippen LogP contribution in [0.1, 0.15) is 39.5 Å². The average molecular weight is 233 g/mol. The Kier molecular flexibility index (Phi) is 5.58. The second-order valence-electron chi connectivity index (χ2n) is 4.09. The zero-order valence-corrected chi connectivity index (χ0v) is 10.3. The van der Waals surface area contributed by atoms with Crippen molar-refractivity contribution in [3.8, 4) is 0 Å². The first-order valence-corrected chi connectivity index (χ1v) is 6.29. The van der Waals surface area contributed by atoms with Crippen LogP contribution in [-0.4, -0.2) is 35.4 Å². The van der Waals surface area contributed by atoms with Crippen LogP contribution in [0.2, 0.25) is 0 Å². The summed E-state index contributed by atoms with van der Waals surface area (Å²) in [4.78, 5) is 13.2. The maximum atomic E-state index is 11.0. The minimum atomic E-state index is -0.226. The van der Waals surface area contributed by atoms with Gasteiger partial charge in [-0.2, -0.15) is 0 Å². The molecule has 1 fully saturated rings. The third kappa shape index (κ3) is 3.16. The summed E-state index contributed by atoms with van der Waals surface area (Å²) in [6.07, 6.45) is 5.72. The fourth-order valence-corrected chi connectivity index (χ4v) is 2.46. The lowest BCUT2D eigenvalue weighted by Crippen LogP contribution is -2.40. The standard InChI is InChI=1S/C11H21ClN2O/c1-3-5-6-10-13-11(12)9(8-15)14(10)7-4-2/h8-11,13H,3-7H2,1-2H3. The predicted molar refractivity (Wildman–Crippen MR) is 62.9 cm³/mol. The van der Waals surface area contributed by atoms with Gasteiger partial charge in [-0.1, -0.05) is 26.7 Å². The van der Waals surface area contributed by atoms with Crippen molar-refractivity contribution < 1.29 is 4.79 Å². The lowest BCUT2D eigenvalue weighted by molar-refractivity contribution is -0.111. The number of carbonyl (C=O) groups is 1. The number of carbonyl (C=O) groups excluding carboxylic acids is 1. The molecule has 0 saturated carbocycles. The van der Waals surface area contributed by atoms with Crippen molar-refractivity contribution >= 4 is 17.9 Å². The van der Waals surface area contributed by atoms with Gasteiger partial charge in [-0.3, -0.25) is 10.2 Å². The topological polar surface area (TPSA) is 32.3 Å². The lowest BCUT2D eigenvalue weighted by atomic mass is 10.2. The molecule has 3 atom stereocenters. The van der Waals surface area contributed by atoms with Crippen LogP contribution in [-0.2, 0) is 4.79 Å². The molecule has 1 aliphatic rings. The first-order chi connectivity index (χ1) is 7.24. The summed E-state index contributed by atoms with van der Waals surface area (Å²) in [5.74, 6) is 0. The van der Waals surface area contributed by atoms with Crippen LogP contribution in [0, 0.1) is 0 Å². The molecular weight excluding hydrogens is 212 g/mol. The molecule has 1 heterocycles. The van der Waals surface area contributed by atoms with Gasteiger partial charge in [-0.25, -0.2) is 0 Å². The number of unbranched alkanes of at least 4 members (excludes halogenated alkanes) is 1. The summed E-state index contributed by atoms with van der Waals surface area (Å²) in [5, 5.41) is 3.28. The molecule has 0 bridgehead atoms. The van der Waals surface area contributed by atoms with Crippen molar-refractivity contribution in [3.63, 3.8) is 0 Å². The van der Waals surface area contributed by atoms with Gasteiger partial charge in [-0.15, -0.1) is 11.6 Å². The van der Waals surface area contributed by atoms with Crippen molar-refractivity contribution in [2.45, 2.75) is 57.2 Å². The van der Waals surface area contributed by atoms with Crippen molar-refractivity contribution in [1.29, 1.82) is 0 Å². The van der Waals surface area contributed by atoms with Gasteiger partial charge >= 0.3 is 0 Å². The quantitative estimate of drug-likeness (QED) is 0.432. The van der Waals surface area contributed by atoms with Crippen LogP contribution in [0.25, 0.3) is 0 Å². The third-order valence-electron chi connectivity index (χ3n) is 2.89. The van der Waals surface area contributed by atoms with E-state index in [1.165, 1.54) is 12.8 Å². The molecule has 1 N–H and O–H groups in total. The average Bonchev–Trinajstić information content (AvgIpc) is 2.52. The molecule has 0 amide bonds. The second-order valence-corrected chi connectivity index (χ2v) is 4.56. The fraction of sp³-hybridized carbons (Fsp3) is 0.909. The summed E-state index contributed by atoms with van der Waals surface area (Å²) in [6, 6.07) is -0.159. The maximum Gasteiger partial charge on any atom is 0.140 e. The van der Waals surface area contributed by atoms with Gasteiger partial charge in [0.2, 0.25) is 0 Å². The molecule has 4 heteroatoms. The lowest BCUT2D eigenvalue weighted by Gasteiger charge is -2.25. The number of nitrogens with zero attached hydrogens (tertiary/aromatic N) is 1. The Morgan fingerprint density at radius 2 is 2.13 bits per heavy atom. The number of hydrogen-bond acceptors (Lipinski definition) is 3. The van der Waals surface area contributed by atoms with E-state index in [1.54, 1.807) is 0 Å². The zero-order chi connectivity index (χ0) is 11.3. The number of alkyl halides is 1. The molecule has 1 aliphatic heterocycles. The van der Waals surface area contributed by atoms with Gasteiger partial charge in [0, 0.05) is 6.54 Å². The molecule has 0 spiro atoms. The SMILES string of the molecule is CCCCC1NC(Cl)C(C=O)N1CCC. The zero-order valence-electron chi connectivity index (χ0n) is 9.58. The molecular formula is C11H21ClN2O. The Balaban J connectivity index is 2.57. The van der Waals surface area contributed by atoms with E-state index in [9.17, 15) is 4.79 Å². The molecule has 0 aliphatic carbocycles. The predicted octanol–water partition coefficient (Wildman–Crippen LogP) is 1.95. The fourth-order valence-electron chi connectivity index (χ4n) is 2.11. The Bertz CT molecular complexity index is 201. The van der Waals surface area contributed by atoms with Crippen molar-refractivity contribution in [3.05, 3.63) is 0 Å². The molecule has 0 radical (unpaired) electrons. The molecule has 1 rings (SSSR count). The van der Waals surface area contributed by atoms with Gasteiger partial charge in [0.25, 0.3) is 0 Å². The highest BCUT2D eigenvalue weighted by molar-refractivity contribution is 6.22. The van der Waals surface area contributed by atoms with Gasteiger partial charge in [-0.05, 0) is 12.8 Å². The monoisotopic (exact) mass is 232 g/mol. The van der Waals surface area contributed by atoms with Gasteiger partial charge in [0.15, 0.2) is 0 Å². The van der Waals surface area contributed by atoms with E-state index in [0.717, 1.165) is 25.7 Å². The van der Waals surface area contributed by atoms with E-state index in [2.05, 4.69) is 24.1 Å². The van der Waals surface area contributed by atoms with E-state index in [1.807, 2.05) is 0 Å². The van der Waals surface area contributed by atoms with E-state index in [4.69, 9.17) is 11.6 Å². The second kappa shape index (κ2) is 6.46. The van der Waals surface area contributed by atoms with Crippen LogP contribution in [0.3, 0.4) is 0 Å². The van der Waals surface area contributed by atoms with Gasteiger partial charge in [0.05, 0.1) is 12.2 Å². The van der Waals surface area contributed by atoms with E-state index in [0.29, 0.717) is 0 Å². The molecule has 0 aromatic heterocycles. The summed E-state index contributed by atoms with van der Waals surface area (Å²) in [5.41, 5.74) is -0.226. The number of nitrogens with one attached hydrogen (secondary N) is 1. The molecule has 0 aromatic carbocycles. The number of rotatable bonds is 6. The number of halogens is 1. The summed E-state index contributed by atoms with van der Waals surface area (Å²) >= 11 is 6.10. The molecule has 3 nitrogen and oxygen atoms in total. The van der Waals surface area contributed by atoms with Crippen LogP contribution < -0.4 is 5.32 Å². The Morgan fingerprint density at radius 1 is 1.40 bits per heavy atom. The molecule has 0 aromatic rings. The summed E-state index contributed by atoms with van der Waals surface area (Å²) in [7, 11) is 0. The van der Waals surface area contributed by atoms with Crippen molar-refractivity contribution in [2.24, 2.45) is 0 Å². The maximum absolute atomic E-state index is 11.0. The minimum absolute atomic E-state index is 0.159. The first-order valence-electron chi connectivity index (χ1n) is 5.85. The van der Waals surface area contributed by atoms with E-state index >= 15 is 0 Å². The van der Waals surface area contributed by atoms with Gasteiger partial charge in [0.1, 0.15) is 11.8 Å². The largest absolute Gasteiger partial charge is 0.302 e. The summed E-state index contributed by atoms with van der Waals surface area (Å²) in [6.45, 7) is 5.24. The number of hydrogen-bond donors (Lipinski definition) is 1.